The van der Waals surface area contributed by atoms with Gasteiger partial charge in [-0.3, -0.25) is 4.79 Å². The van der Waals surface area contributed by atoms with Crippen LogP contribution in [0.15, 0.2) is 29.2 Å². The molecular weight excluding hydrogens is 218 g/mol. The predicted octanol–water partition coefficient (Wildman–Crippen LogP) is 3.28. The van der Waals surface area contributed by atoms with Crippen molar-refractivity contribution in [2.24, 2.45) is 0 Å². The molecule has 88 valence electrons. The van der Waals surface area contributed by atoms with Crippen LogP contribution in [-0.4, -0.2) is 11.4 Å². The van der Waals surface area contributed by atoms with Gasteiger partial charge in [-0.1, -0.05) is 19.9 Å². The molecule has 0 aliphatic carbocycles. The fourth-order valence-corrected chi connectivity index (χ4v) is 1.65. The molecule has 16 heavy (non-hydrogen) atoms. The first kappa shape index (κ1) is 13.1. The average molecular weight is 237 g/mol. The summed E-state index contributed by atoms with van der Waals surface area (Å²) >= 11 is 4.23. The second kappa shape index (κ2) is 5.39. The van der Waals surface area contributed by atoms with E-state index in [0.717, 1.165) is 17.7 Å². The third-order valence-corrected chi connectivity index (χ3v) is 3.36. The highest BCUT2D eigenvalue weighted by atomic mass is 32.1. The van der Waals surface area contributed by atoms with E-state index in [2.05, 4.69) is 38.7 Å². The van der Waals surface area contributed by atoms with Gasteiger partial charge in [0.25, 0.3) is 5.91 Å². The van der Waals surface area contributed by atoms with Crippen LogP contribution in [-0.2, 0) is 0 Å². The zero-order valence-electron chi connectivity index (χ0n) is 10.1. The number of benzene rings is 1. The molecule has 0 unspecified atom stereocenters. The number of carbonyl (C=O) groups is 1. The second-order valence-electron chi connectivity index (χ2n) is 4.27. The Hall–Kier alpha value is -0.960. The van der Waals surface area contributed by atoms with Gasteiger partial charge in [0.15, 0.2) is 0 Å². The molecule has 0 saturated carbocycles. The Balaban J connectivity index is 2.80. The van der Waals surface area contributed by atoms with Gasteiger partial charge < -0.3 is 5.32 Å². The van der Waals surface area contributed by atoms with Crippen LogP contribution in [0.1, 0.15) is 44.0 Å². The number of hydrogen-bond donors (Lipinski definition) is 2. The number of rotatable bonds is 4. The van der Waals surface area contributed by atoms with E-state index < -0.39 is 0 Å². The van der Waals surface area contributed by atoms with Gasteiger partial charge in [0.05, 0.1) is 0 Å². The summed E-state index contributed by atoms with van der Waals surface area (Å²) in [4.78, 5) is 12.8. The lowest BCUT2D eigenvalue weighted by Crippen LogP contribution is -2.44. The van der Waals surface area contributed by atoms with Gasteiger partial charge >= 0.3 is 0 Å². The lowest BCUT2D eigenvalue weighted by molar-refractivity contribution is 0.0901. The standard InChI is InChI=1S/C13H19NOS/c1-4-13(3,5-2)14-12(15)10-7-6-8-11(16)9-10/h6-9,16H,4-5H2,1-3H3,(H,14,15). The van der Waals surface area contributed by atoms with Crippen molar-refractivity contribution in [3.05, 3.63) is 29.8 Å². The fourth-order valence-electron chi connectivity index (χ4n) is 1.42. The minimum absolute atomic E-state index is 0.0258. The summed E-state index contributed by atoms with van der Waals surface area (Å²) in [7, 11) is 0. The highest BCUT2D eigenvalue weighted by Gasteiger charge is 2.22. The Labute approximate surface area is 103 Å². The monoisotopic (exact) mass is 237 g/mol. The van der Waals surface area contributed by atoms with Gasteiger partial charge in [-0.15, -0.1) is 12.6 Å². The molecule has 0 aromatic heterocycles. The summed E-state index contributed by atoms with van der Waals surface area (Å²) in [5.74, 6) is -0.0258. The lowest BCUT2D eigenvalue weighted by atomic mass is 9.95. The first-order valence-corrected chi connectivity index (χ1v) is 6.07. The molecule has 0 saturated heterocycles. The van der Waals surface area contributed by atoms with Crippen molar-refractivity contribution in [2.75, 3.05) is 0 Å². The largest absolute Gasteiger partial charge is 0.347 e. The van der Waals surface area contributed by atoms with E-state index in [-0.39, 0.29) is 11.4 Å². The molecule has 0 heterocycles. The van der Waals surface area contributed by atoms with Gasteiger partial charge in [0.1, 0.15) is 0 Å². The molecule has 1 aromatic rings. The van der Waals surface area contributed by atoms with Gasteiger partial charge in [-0.05, 0) is 38.0 Å². The number of carbonyl (C=O) groups excluding carboxylic acids is 1. The second-order valence-corrected chi connectivity index (χ2v) is 4.79. The quantitative estimate of drug-likeness (QED) is 0.773. The molecule has 1 aromatic carbocycles. The third kappa shape index (κ3) is 3.27. The minimum Gasteiger partial charge on any atom is -0.347 e. The first-order chi connectivity index (χ1) is 7.50. The Kier molecular flexibility index (Phi) is 4.42. The van der Waals surface area contributed by atoms with Crippen molar-refractivity contribution >= 4 is 18.5 Å². The third-order valence-electron chi connectivity index (χ3n) is 3.08. The molecule has 1 N–H and O–H groups in total. The Bertz CT molecular complexity index is 372. The maximum atomic E-state index is 12.0. The summed E-state index contributed by atoms with van der Waals surface area (Å²) < 4.78 is 0. The van der Waals surface area contributed by atoms with E-state index in [1.807, 2.05) is 12.1 Å². The Morgan fingerprint density at radius 3 is 2.50 bits per heavy atom. The molecule has 0 atom stereocenters. The molecule has 3 heteroatoms. The lowest BCUT2D eigenvalue weighted by Gasteiger charge is -2.28. The van der Waals surface area contributed by atoms with Crippen molar-refractivity contribution in [1.29, 1.82) is 0 Å². The predicted molar refractivity (Wildman–Crippen MR) is 70.1 cm³/mol. The number of amides is 1. The van der Waals surface area contributed by atoms with Crippen LogP contribution in [0.4, 0.5) is 0 Å². The van der Waals surface area contributed by atoms with Crippen LogP contribution < -0.4 is 5.32 Å². The van der Waals surface area contributed by atoms with E-state index in [9.17, 15) is 4.79 Å². The summed E-state index contributed by atoms with van der Waals surface area (Å²) in [6.45, 7) is 6.23. The zero-order valence-corrected chi connectivity index (χ0v) is 11.0. The normalized spacial score (nSPS) is 11.2. The van der Waals surface area contributed by atoms with Crippen molar-refractivity contribution in [3.8, 4) is 0 Å². The molecule has 0 spiro atoms. The van der Waals surface area contributed by atoms with E-state index in [0.29, 0.717) is 5.56 Å². The van der Waals surface area contributed by atoms with Crippen molar-refractivity contribution < 1.29 is 4.79 Å². The number of hydrogen-bond acceptors (Lipinski definition) is 2. The summed E-state index contributed by atoms with van der Waals surface area (Å²) in [5, 5.41) is 3.06. The molecule has 0 fully saturated rings. The van der Waals surface area contributed by atoms with Gasteiger partial charge in [0, 0.05) is 16.0 Å². The van der Waals surface area contributed by atoms with Crippen LogP contribution in [0, 0.1) is 0 Å². The average Bonchev–Trinajstić information content (AvgIpc) is 2.29. The number of thiol groups is 1. The summed E-state index contributed by atoms with van der Waals surface area (Å²) in [6, 6.07) is 7.29. The molecule has 0 aliphatic rings. The summed E-state index contributed by atoms with van der Waals surface area (Å²) in [5.41, 5.74) is 0.546. The zero-order chi connectivity index (χ0) is 12.2. The Morgan fingerprint density at radius 1 is 1.38 bits per heavy atom. The SMILES string of the molecule is CCC(C)(CC)NC(=O)c1cccc(S)c1. The maximum Gasteiger partial charge on any atom is 0.251 e. The number of nitrogens with one attached hydrogen (secondary N) is 1. The van der Waals surface area contributed by atoms with Crippen LogP contribution in [0.3, 0.4) is 0 Å². The van der Waals surface area contributed by atoms with E-state index in [1.54, 1.807) is 12.1 Å². The molecular formula is C13H19NOS. The highest BCUT2D eigenvalue weighted by molar-refractivity contribution is 7.80. The molecule has 1 amide bonds. The minimum atomic E-state index is -0.121. The fraction of sp³-hybridized carbons (Fsp3) is 0.462. The smallest absolute Gasteiger partial charge is 0.251 e. The molecule has 0 aliphatic heterocycles. The van der Waals surface area contributed by atoms with E-state index in [1.165, 1.54) is 0 Å². The molecule has 1 rings (SSSR count). The Morgan fingerprint density at radius 2 is 2.00 bits per heavy atom. The van der Waals surface area contributed by atoms with Crippen LogP contribution in [0.2, 0.25) is 0 Å². The maximum absolute atomic E-state index is 12.0. The molecule has 0 bridgehead atoms. The van der Waals surface area contributed by atoms with Crippen molar-refractivity contribution in [3.63, 3.8) is 0 Å². The van der Waals surface area contributed by atoms with Crippen molar-refractivity contribution in [2.45, 2.75) is 44.0 Å². The summed E-state index contributed by atoms with van der Waals surface area (Å²) in [6.07, 6.45) is 1.85. The topological polar surface area (TPSA) is 29.1 Å². The van der Waals surface area contributed by atoms with Gasteiger partial charge in [-0.25, -0.2) is 0 Å². The molecule has 0 radical (unpaired) electrons. The van der Waals surface area contributed by atoms with Crippen LogP contribution >= 0.6 is 12.6 Å². The van der Waals surface area contributed by atoms with Crippen LogP contribution in [0.25, 0.3) is 0 Å². The first-order valence-electron chi connectivity index (χ1n) is 5.62. The van der Waals surface area contributed by atoms with Crippen LogP contribution in [0.5, 0.6) is 0 Å². The van der Waals surface area contributed by atoms with E-state index >= 15 is 0 Å². The van der Waals surface area contributed by atoms with E-state index in [4.69, 9.17) is 0 Å². The highest BCUT2D eigenvalue weighted by Crippen LogP contribution is 2.15. The molecule has 2 nitrogen and oxygen atoms in total. The van der Waals surface area contributed by atoms with Gasteiger partial charge in [-0.2, -0.15) is 0 Å². The van der Waals surface area contributed by atoms with Gasteiger partial charge in [0.2, 0.25) is 0 Å². The van der Waals surface area contributed by atoms with Crippen molar-refractivity contribution in [1.82, 2.24) is 5.32 Å².